The number of aliphatic hydroxyl groups is 2. The van der Waals surface area contributed by atoms with Crippen LogP contribution in [-0.4, -0.2) is 26.4 Å². The van der Waals surface area contributed by atoms with Crippen LogP contribution in [0.15, 0.2) is 18.2 Å². The van der Waals surface area contributed by atoms with Crippen molar-refractivity contribution in [2.75, 3.05) is 12.3 Å². The number of hydrogen-bond donors (Lipinski definition) is 3. The van der Waals surface area contributed by atoms with Crippen molar-refractivity contribution in [1.29, 1.82) is 0 Å². The van der Waals surface area contributed by atoms with Crippen LogP contribution in [0.4, 0.5) is 5.69 Å². The molecule has 104 valence electrons. The van der Waals surface area contributed by atoms with Crippen molar-refractivity contribution in [3.63, 3.8) is 0 Å². The van der Waals surface area contributed by atoms with Gasteiger partial charge in [0.15, 0.2) is 0 Å². The molecule has 0 spiro atoms. The molecule has 0 fully saturated rings. The molecular formula is C14H21N3O2. The standard InChI is InChI=1S/C14H21N3O2/c1-14(2,5-6-18)9-17-12-4-3-10(15)7-11(12)16-13(17)8-19/h3-4,7,18-19H,5-6,8-9,15H2,1-2H3. The van der Waals surface area contributed by atoms with Crippen LogP contribution in [0, 0.1) is 5.41 Å². The molecule has 0 amide bonds. The Morgan fingerprint density at radius 3 is 2.68 bits per heavy atom. The van der Waals surface area contributed by atoms with Crippen molar-refractivity contribution in [1.82, 2.24) is 9.55 Å². The molecule has 0 unspecified atom stereocenters. The van der Waals surface area contributed by atoms with E-state index in [4.69, 9.17) is 10.8 Å². The first-order valence-electron chi connectivity index (χ1n) is 6.43. The summed E-state index contributed by atoms with van der Waals surface area (Å²) in [5.74, 6) is 0.631. The molecule has 0 aliphatic carbocycles. The van der Waals surface area contributed by atoms with Crippen molar-refractivity contribution >= 4 is 16.7 Å². The molecule has 2 aromatic rings. The van der Waals surface area contributed by atoms with Gasteiger partial charge in [-0.1, -0.05) is 13.8 Å². The van der Waals surface area contributed by atoms with E-state index in [1.54, 1.807) is 0 Å². The van der Waals surface area contributed by atoms with Crippen molar-refractivity contribution < 1.29 is 10.2 Å². The number of aromatic nitrogens is 2. The molecule has 5 heteroatoms. The van der Waals surface area contributed by atoms with Crippen molar-refractivity contribution in [3.8, 4) is 0 Å². The van der Waals surface area contributed by atoms with Gasteiger partial charge in [0.25, 0.3) is 0 Å². The smallest absolute Gasteiger partial charge is 0.135 e. The van der Waals surface area contributed by atoms with Gasteiger partial charge in [0.2, 0.25) is 0 Å². The number of hydrogen-bond acceptors (Lipinski definition) is 4. The molecule has 0 atom stereocenters. The van der Waals surface area contributed by atoms with E-state index in [-0.39, 0.29) is 18.6 Å². The first kappa shape index (κ1) is 13.8. The number of anilines is 1. The molecule has 0 saturated heterocycles. The lowest BCUT2D eigenvalue weighted by molar-refractivity contribution is 0.188. The number of rotatable bonds is 5. The predicted molar refractivity (Wildman–Crippen MR) is 75.6 cm³/mol. The maximum Gasteiger partial charge on any atom is 0.135 e. The van der Waals surface area contributed by atoms with Crippen LogP contribution in [-0.2, 0) is 13.2 Å². The number of benzene rings is 1. The average molecular weight is 263 g/mol. The van der Waals surface area contributed by atoms with Gasteiger partial charge in [-0.2, -0.15) is 0 Å². The zero-order chi connectivity index (χ0) is 14.0. The summed E-state index contributed by atoms with van der Waals surface area (Å²) in [6, 6.07) is 5.57. The maximum atomic E-state index is 9.45. The Morgan fingerprint density at radius 1 is 1.32 bits per heavy atom. The number of aliphatic hydroxyl groups excluding tert-OH is 2. The Balaban J connectivity index is 2.46. The summed E-state index contributed by atoms with van der Waals surface area (Å²) < 4.78 is 2.00. The fourth-order valence-corrected chi connectivity index (χ4v) is 2.30. The Bertz CT molecular complexity index is 575. The molecular weight excluding hydrogens is 242 g/mol. The SMILES string of the molecule is CC(C)(CCO)Cn1c(CO)nc2cc(N)ccc21. The van der Waals surface area contributed by atoms with Gasteiger partial charge in [-0.15, -0.1) is 0 Å². The second-order valence-corrected chi connectivity index (χ2v) is 5.66. The zero-order valence-electron chi connectivity index (χ0n) is 11.4. The highest BCUT2D eigenvalue weighted by Gasteiger charge is 2.21. The third kappa shape index (κ3) is 2.88. The Labute approximate surface area is 112 Å². The van der Waals surface area contributed by atoms with Gasteiger partial charge in [0.05, 0.1) is 11.0 Å². The molecule has 0 radical (unpaired) electrons. The van der Waals surface area contributed by atoms with Crippen LogP contribution in [0.2, 0.25) is 0 Å². The monoisotopic (exact) mass is 263 g/mol. The molecule has 4 N–H and O–H groups in total. The summed E-state index contributed by atoms with van der Waals surface area (Å²) in [6.07, 6.45) is 0.701. The fourth-order valence-electron chi connectivity index (χ4n) is 2.30. The minimum atomic E-state index is -0.107. The van der Waals surface area contributed by atoms with Crippen LogP contribution in [0.5, 0.6) is 0 Å². The molecule has 0 aliphatic heterocycles. The molecule has 1 aromatic carbocycles. The van der Waals surface area contributed by atoms with E-state index in [9.17, 15) is 5.11 Å². The van der Waals surface area contributed by atoms with Crippen LogP contribution in [0.3, 0.4) is 0 Å². The number of nitrogen functional groups attached to an aromatic ring is 1. The second kappa shape index (κ2) is 5.19. The molecule has 0 aliphatic rings. The van der Waals surface area contributed by atoms with Gasteiger partial charge in [0.1, 0.15) is 12.4 Å². The van der Waals surface area contributed by atoms with Gasteiger partial charge < -0.3 is 20.5 Å². The number of fused-ring (bicyclic) bond motifs is 1. The van der Waals surface area contributed by atoms with Crippen molar-refractivity contribution in [2.45, 2.75) is 33.4 Å². The van der Waals surface area contributed by atoms with E-state index in [0.717, 1.165) is 11.0 Å². The van der Waals surface area contributed by atoms with Crippen LogP contribution in [0.25, 0.3) is 11.0 Å². The van der Waals surface area contributed by atoms with Crippen molar-refractivity contribution in [2.24, 2.45) is 5.41 Å². The first-order valence-corrected chi connectivity index (χ1v) is 6.43. The molecule has 19 heavy (non-hydrogen) atoms. The van der Waals surface area contributed by atoms with Gasteiger partial charge >= 0.3 is 0 Å². The van der Waals surface area contributed by atoms with E-state index >= 15 is 0 Å². The summed E-state index contributed by atoms with van der Waals surface area (Å²) in [6.45, 7) is 4.93. The average Bonchev–Trinajstić information content (AvgIpc) is 2.65. The highest BCUT2D eigenvalue weighted by atomic mass is 16.3. The highest BCUT2D eigenvalue weighted by molar-refractivity contribution is 5.79. The largest absolute Gasteiger partial charge is 0.399 e. The van der Waals surface area contributed by atoms with E-state index in [1.807, 2.05) is 22.8 Å². The lowest BCUT2D eigenvalue weighted by atomic mass is 9.89. The Kier molecular flexibility index (Phi) is 3.78. The second-order valence-electron chi connectivity index (χ2n) is 5.66. The summed E-state index contributed by atoms with van der Waals surface area (Å²) in [4.78, 5) is 4.41. The predicted octanol–water partition coefficient (Wildman–Crippen LogP) is 1.52. The summed E-state index contributed by atoms with van der Waals surface area (Å²) >= 11 is 0. The minimum Gasteiger partial charge on any atom is -0.399 e. The van der Waals surface area contributed by atoms with Crippen LogP contribution in [0.1, 0.15) is 26.1 Å². The van der Waals surface area contributed by atoms with Gasteiger partial charge in [0, 0.05) is 18.8 Å². The Morgan fingerprint density at radius 2 is 2.05 bits per heavy atom. The number of nitrogens with zero attached hydrogens (tertiary/aromatic N) is 2. The first-order chi connectivity index (χ1) is 8.96. The lowest BCUT2D eigenvalue weighted by Gasteiger charge is -2.25. The highest BCUT2D eigenvalue weighted by Crippen LogP contribution is 2.27. The van der Waals surface area contributed by atoms with Crippen LogP contribution >= 0.6 is 0 Å². The normalized spacial score (nSPS) is 12.2. The fraction of sp³-hybridized carbons (Fsp3) is 0.500. The molecule has 2 rings (SSSR count). The van der Waals surface area contributed by atoms with Gasteiger partial charge in [-0.3, -0.25) is 0 Å². The molecule has 0 saturated carbocycles. The summed E-state index contributed by atoms with van der Waals surface area (Å²) in [5, 5.41) is 18.6. The quantitative estimate of drug-likeness (QED) is 0.714. The number of imidazole rings is 1. The molecule has 5 nitrogen and oxygen atoms in total. The third-order valence-corrected chi connectivity index (χ3v) is 3.37. The summed E-state index contributed by atoms with van der Waals surface area (Å²) in [5.41, 5.74) is 8.11. The van der Waals surface area contributed by atoms with Crippen molar-refractivity contribution in [3.05, 3.63) is 24.0 Å². The Hall–Kier alpha value is -1.59. The van der Waals surface area contributed by atoms with E-state index in [0.29, 0.717) is 24.5 Å². The topological polar surface area (TPSA) is 84.3 Å². The molecule has 1 aromatic heterocycles. The van der Waals surface area contributed by atoms with E-state index in [2.05, 4.69) is 18.8 Å². The third-order valence-electron chi connectivity index (χ3n) is 3.37. The number of nitrogens with two attached hydrogens (primary N) is 1. The van der Waals surface area contributed by atoms with Gasteiger partial charge in [-0.05, 0) is 30.0 Å². The van der Waals surface area contributed by atoms with Gasteiger partial charge in [-0.25, -0.2) is 4.98 Å². The summed E-state index contributed by atoms with van der Waals surface area (Å²) in [7, 11) is 0. The van der Waals surface area contributed by atoms with Crippen LogP contribution < -0.4 is 5.73 Å². The lowest BCUT2D eigenvalue weighted by Crippen LogP contribution is -2.22. The molecule has 1 heterocycles. The minimum absolute atomic E-state index is 0.0618. The molecule has 0 bridgehead atoms. The zero-order valence-corrected chi connectivity index (χ0v) is 11.4. The van der Waals surface area contributed by atoms with E-state index in [1.165, 1.54) is 0 Å². The maximum absolute atomic E-state index is 9.45. The van der Waals surface area contributed by atoms with E-state index < -0.39 is 0 Å².